The van der Waals surface area contributed by atoms with Gasteiger partial charge in [-0.25, -0.2) is 9.78 Å². The van der Waals surface area contributed by atoms with Crippen LogP contribution in [0.2, 0.25) is 0 Å². The van der Waals surface area contributed by atoms with Crippen LogP contribution in [0.4, 0.5) is 4.79 Å². The molecule has 0 radical (unpaired) electrons. The van der Waals surface area contributed by atoms with Crippen LogP contribution in [0.25, 0.3) is 0 Å². The molecule has 12 heteroatoms. The summed E-state index contributed by atoms with van der Waals surface area (Å²) in [4.78, 5) is 51.3. The number of rotatable bonds is 10. The monoisotopic (exact) mass is 515 g/mol. The molecule has 2 fully saturated rings. The highest BCUT2D eigenvalue weighted by molar-refractivity contribution is 8.00. The Balaban J connectivity index is 1.44. The smallest absolute Gasteiger partial charge is 0.321 e. The Morgan fingerprint density at radius 2 is 2.06 bits per heavy atom. The molecule has 3 atom stereocenters. The second-order valence-corrected chi connectivity index (χ2v) is 10.5. The van der Waals surface area contributed by atoms with E-state index in [1.165, 1.54) is 11.3 Å². The summed E-state index contributed by atoms with van der Waals surface area (Å²) in [6, 6.07) is 8.25. The maximum atomic E-state index is 13.4. The van der Waals surface area contributed by atoms with E-state index in [0.29, 0.717) is 43.2 Å². The Bertz CT molecular complexity index is 1060. The minimum Gasteiger partial charge on any atom is -0.370 e. The molecule has 10 nitrogen and oxygen atoms in total. The van der Waals surface area contributed by atoms with Gasteiger partial charge in [-0.3, -0.25) is 19.5 Å². The molecule has 2 aliphatic rings. The van der Waals surface area contributed by atoms with Crippen LogP contribution in [0, 0.1) is 0 Å². The quantitative estimate of drug-likeness (QED) is 0.189. The number of fused-ring (bicyclic) bond motifs is 1. The number of benzene rings is 1. The Morgan fingerprint density at radius 3 is 2.77 bits per heavy atom. The number of thiazole rings is 1. The van der Waals surface area contributed by atoms with E-state index < -0.39 is 12.1 Å². The van der Waals surface area contributed by atoms with E-state index in [0.717, 1.165) is 12.0 Å². The fraction of sp³-hybridized carbons (Fsp3) is 0.435. The number of hydrogen-bond donors (Lipinski definition) is 3. The summed E-state index contributed by atoms with van der Waals surface area (Å²) < 4.78 is 0. The molecule has 1 aromatic carbocycles. The first-order chi connectivity index (χ1) is 16.9. The molecule has 35 heavy (non-hydrogen) atoms. The van der Waals surface area contributed by atoms with E-state index in [-0.39, 0.29) is 29.1 Å². The molecule has 0 bridgehead atoms. The van der Waals surface area contributed by atoms with E-state index in [4.69, 9.17) is 11.5 Å². The van der Waals surface area contributed by atoms with Gasteiger partial charge in [0.15, 0.2) is 11.0 Å². The van der Waals surface area contributed by atoms with Gasteiger partial charge in [0.25, 0.3) is 0 Å². The first-order valence-corrected chi connectivity index (χ1v) is 13.4. The molecule has 4 rings (SSSR count). The third-order valence-corrected chi connectivity index (χ3v) is 8.11. The number of hydrogen-bond acceptors (Lipinski definition) is 7. The zero-order chi connectivity index (χ0) is 24.8. The Labute approximate surface area is 212 Å². The highest BCUT2D eigenvalue weighted by atomic mass is 32.2. The number of Topliss-reactive ketones (excluding diaryl/α,β-unsaturated/α-hetero) is 1. The Morgan fingerprint density at radius 1 is 1.26 bits per heavy atom. The van der Waals surface area contributed by atoms with Crippen molar-refractivity contribution in [2.45, 2.75) is 43.3 Å². The number of aliphatic imine (C=N–C) groups is 1. The van der Waals surface area contributed by atoms with Crippen molar-refractivity contribution in [3.05, 3.63) is 52.5 Å². The molecule has 1 aromatic heterocycles. The maximum Gasteiger partial charge on any atom is 0.321 e. The first kappa shape index (κ1) is 25.0. The molecular weight excluding hydrogens is 486 g/mol. The van der Waals surface area contributed by atoms with Crippen molar-refractivity contribution in [3.8, 4) is 0 Å². The average Bonchev–Trinajstić information content (AvgIpc) is 3.53. The van der Waals surface area contributed by atoms with Crippen LogP contribution in [0.3, 0.4) is 0 Å². The normalized spacial score (nSPS) is 20.3. The number of amides is 3. The average molecular weight is 516 g/mol. The van der Waals surface area contributed by atoms with Gasteiger partial charge in [-0.1, -0.05) is 30.3 Å². The SMILES string of the molecule is NC(N)=NCCCC(NC(=O)C1CSC2CCN(Cc3ccccc3)C(=O)N21)C(=O)c1nccs1. The molecule has 2 saturated heterocycles. The number of nitrogens with zero attached hydrogens (tertiary/aromatic N) is 4. The van der Waals surface area contributed by atoms with E-state index in [9.17, 15) is 14.4 Å². The summed E-state index contributed by atoms with van der Waals surface area (Å²) in [6.45, 7) is 1.49. The minimum absolute atomic E-state index is 0.0190. The minimum atomic E-state index is -0.771. The standard InChI is InChI=1S/C23H29N7O3S2/c24-22(25)27-9-4-7-16(19(31)21-26-10-12-34-21)28-20(32)17-14-35-18-8-11-29(23(33)30(17)18)13-15-5-2-1-3-6-15/h1-3,5-6,10,12,16-18H,4,7-9,11,13-14H2,(H,28,32)(H4,24,25,27). The van der Waals surface area contributed by atoms with Gasteiger partial charge in [0, 0.05) is 37.0 Å². The van der Waals surface area contributed by atoms with Crippen LogP contribution in [0.1, 0.15) is 34.6 Å². The Kier molecular flexibility index (Phi) is 8.24. The molecule has 3 heterocycles. The predicted octanol–water partition coefficient (Wildman–Crippen LogP) is 1.63. The third kappa shape index (κ3) is 6.12. The van der Waals surface area contributed by atoms with Crippen LogP contribution < -0.4 is 16.8 Å². The zero-order valence-electron chi connectivity index (χ0n) is 19.2. The first-order valence-electron chi connectivity index (χ1n) is 11.5. The second kappa shape index (κ2) is 11.5. The van der Waals surface area contributed by atoms with Crippen molar-refractivity contribution < 1.29 is 14.4 Å². The number of nitrogens with one attached hydrogen (secondary N) is 1. The van der Waals surface area contributed by atoms with E-state index in [1.54, 1.807) is 33.1 Å². The predicted molar refractivity (Wildman–Crippen MR) is 137 cm³/mol. The highest BCUT2D eigenvalue weighted by Crippen LogP contribution is 2.36. The number of aromatic nitrogens is 1. The maximum absolute atomic E-state index is 13.4. The summed E-state index contributed by atoms with van der Waals surface area (Å²) in [7, 11) is 0. The topological polar surface area (TPSA) is 147 Å². The number of thioether (sulfide) groups is 1. The number of urea groups is 1. The highest BCUT2D eigenvalue weighted by Gasteiger charge is 2.46. The number of carbonyl (C=O) groups is 3. The fourth-order valence-electron chi connectivity index (χ4n) is 4.25. The van der Waals surface area contributed by atoms with Gasteiger partial charge in [0.2, 0.25) is 11.7 Å². The summed E-state index contributed by atoms with van der Waals surface area (Å²) in [6.07, 6.45) is 3.21. The van der Waals surface area contributed by atoms with E-state index in [2.05, 4.69) is 15.3 Å². The summed E-state index contributed by atoms with van der Waals surface area (Å²) in [5.41, 5.74) is 11.8. The van der Waals surface area contributed by atoms with Crippen LogP contribution in [0.5, 0.6) is 0 Å². The summed E-state index contributed by atoms with van der Waals surface area (Å²) in [5.74, 6) is -0.106. The third-order valence-electron chi connectivity index (χ3n) is 5.97. The molecule has 2 aromatic rings. The molecule has 3 amide bonds. The molecule has 0 saturated carbocycles. The van der Waals surface area contributed by atoms with Gasteiger partial charge >= 0.3 is 6.03 Å². The molecule has 186 valence electrons. The van der Waals surface area contributed by atoms with Crippen molar-refractivity contribution in [3.63, 3.8) is 0 Å². The fourth-order valence-corrected chi connectivity index (χ4v) is 6.27. The van der Waals surface area contributed by atoms with Crippen molar-refractivity contribution in [2.24, 2.45) is 16.5 Å². The van der Waals surface area contributed by atoms with Crippen LogP contribution >= 0.6 is 23.1 Å². The lowest BCUT2D eigenvalue weighted by atomic mass is 10.1. The van der Waals surface area contributed by atoms with Crippen molar-refractivity contribution >= 4 is 46.8 Å². The van der Waals surface area contributed by atoms with Crippen molar-refractivity contribution in [1.82, 2.24) is 20.1 Å². The lowest BCUT2D eigenvalue weighted by molar-refractivity contribution is -0.125. The van der Waals surface area contributed by atoms with Crippen LogP contribution in [0.15, 0.2) is 46.9 Å². The molecule has 3 unspecified atom stereocenters. The molecule has 0 aliphatic carbocycles. The lowest BCUT2D eigenvalue weighted by Gasteiger charge is -2.39. The lowest BCUT2D eigenvalue weighted by Crippen LogP contribution is -2.58. The van der Waals surface area contributed by atoms with Crippen molar-refractivity contribution in [1.29, 1.82) is 0 Å². The van der Waals surface area contributed by atoms with E-state index in [1.807, 2.05) is 30.3 Å². The number of carbonyl (C=O) groups excluding carboxylic acids is 3. The van der Waals surface area contributed by atoms with Gasteiger partial charge in [-0.2, -0.15) is 0 Å². The van der Waals surface area contributed by atoms with Crippen LogP contribution in [-0.4, -0.2) is 74.8 Å². The van der Waals surface area contributed by atoms with Gasteiger partial charge in [-0.15, -0.1) is 23.1 Å². The molecule has 2 aliphatic heterocycles. The van der Waals surface area contributed by atoms with Gasteiger partial charge < -0.3 is 21.7 Å². The van der Waals surface area contributed by atoms with Gasteiger partial charge in [0.1, 0.15) is 6.04 Å². The largest absolute Gasteiger partial charge is 0.370 e. The van der Waals surface area contributed by atoms with E-state index >= 15 is 0 Å². The number of guanidine groups is 1. The van der Waals surface area contributed by atoms with Gasteiger partial charge in [0.05, 0.1) is 11.4 Å². The Hall–Kier alpha value is -3.12. The summed E-state index contributed by atoms with van der Waals surface area (Å²) >= 11 is 2.84. The molecule has 0 spiro atoms. The second-order valence-electron chi connectivity index (χ2n) is 8.40. The van der Waals surface area contributed by atoms with Crippen LogP contribution in [-0.2, 0) is 11.3 Å². The number of nitrogens with two attached hydrogens (primary N) is 2. The van der Waals surface area contributed by atoms with Crippen molar-refractivity contribution in [2.75, 3.05) is 18.8 Å². The molecular formula is C23H29N7O3S2. The molecule has 5 N–H and O–H groups in total. The summed E-state index contributed by atoms with van der Waals surface area (Å²) in [5, 5.41) is 4.91. The number of ketones is 1. The zero-order valence-corrected chi connectivity index (χ0v) is 20.8. The van der Waals surface area contributed by atoms with Gasteiger partial charge in [-0.05, 0) is 24.8 Å².